The summed E-state index contributed by atoms with van der Waals surface area (Å²) in [6.45, 7) is 4.61. The Balaban J connectivity index is 1.77. The molecule has 3 heterocycles. The Morgan fingerprint density at radius 2 is 1.73 bits per heavy atom. The fourth-order valence-corrected chi connectivity index (χ4v) is 3.26. The first-order valence-electron chi connectivity index (χ1n) is 9.55. The SMILES string of the molecule is COCc1nc(Nc2ccc(C(C)C)cc2)c2ccc(-c3nccnc3Cl)nc2n1. The molecule has 3 aromatic heterocycles. The van der Waals surface area contributed by atoms with Crippen LogP contribution < -0.4 is 5.32 Å². The number of ether oxygens (including phenoxy) is 1. The van der Waals surface area contributed by atoms with Gasteiger partial charge in [0.05, 0.1) is 11.1 Å². The summed E-state index contributed by atoms with van der Waals surface area (Å²) >= 11 is 6.19. The number of rotatable bonds is 6. The quantitative estimate of drug-likeness (QED) is 0.461. The number of halogens is 1. The van der Waals surface area contributed by atoms with Crippen LogP contribution in [0, 0.1) is 0 Å². The van der Waals surface area contributed by atoms with Crippen molar-refractivity contribution in [1.82, 2.24) is 24.9 Å². The van der Waals surface area contributed by atoms with Crippen molar-refractivity contribution in [3.8, 4) is 11.4 Å². The van der Waals surface area contributed by atoms with Gasteiger partial charge in [-0.3, -0.25) is 0 Å². The molecule has 30 heavy (non-hydrogen) atoms. The van der Waals surface area contributed by atoms with Crippen molar-refractivity contribution in [3.05, 3.63) is 65.3 Å². The number of nitrogens with zero attached hydrogens (tertiary/aromatic N) is 5. The maximum absolute atomic E-state index is 6.19. The number of aromatic nitrogens is 5. The van der Waals surface area contributed by atoms with Crippen LogP contribution >= 0.6 is 11.6 Å². The minimum Gasteiger partial charge on any atom is -0.377 e. The van der Waals surface area contributed by atoms with E-state index in [-0.39, 0.29) is 6.61 Å². The topological polar surface area (TPSA) is 85.7 Å². The van der Waals surface area contributed by atoms with Crippen LogP contribution in [0.25, 0.3) is 22.4 Å². The first-order valence-corrected chi connectivity index (χ1v) is 9.93. The van der Waals surface area contributed by atoms with E-state index in [0.29, 0.717) is 39.7 Å². The molecule has 0 spiro atoms. The molecule has 0 bridgehead atoms. The summed E-state index contributed by atoms with van der Waals surface area (Å²) < 4.78 is 5.23. The van der Waals surface area contributed by atoms with E-state index >= 15 is 0 Å². The first kappa shape index (κ1) is 20.1. The lowest BCUT2D eigenvalue weighted by Crippen LogP contribution is -2.04. The van der Waals surface area contributed by atoms with Gasteiger partial charge in [0.2, 0.25) is 0 Å². The Labute approximate surface area is 179 Å². The van der Waals surface area contributed by atoms with E-state index in [2.05, 4.69) is 56.2 Å². The summed E-state index contributed by atoms with van der Waals surface area (Å²) in [6, 6.07) is 12.0. The molecule has 0 amide bonds. The van der Waals surface area contributed by atoms with Crippen LogP contribution in [0.5, 0.6) is 0 Å². The van der Waals surface area contributed by atoms with Gasteiger partial charge in [-0.1, -0.05) is 37.6 Å². The molecule has 4 rings (SSSR count). The van der Waals surface area contributed by atoms with E-state index in [9.17, 15) is 0 Å². The number of anilines is 2. The second-order valence-corrected chi connectivity index (χ2v) is 7.44. The van der Waals surface area contributed by atoms with Crippen LogP contribution in [0.15, 0.2) is 48.8 Å². The summed E-state index contributed by atoms with van der Waals surface area (Å²) in [4.78, 5) is 22.2. The van der Waals surface area contributed by atoms with Crippen molar-refractivity contribution in [2.75, 3.05) is 12.4 Å². The summed E-state index contributed by atoms with van der Waals surface area (Å²) in [5, 5.41) is 4.46. The van der Waals surface area contributed by atoms with Crippen molar-refractivity contribution in [2.45, 2.75) is 26.4 Å². The third-order valence-electron chi connectivity index (χ3n) is 4.62. The molecular weight excluding hydrogens is 400 g/mol. The number of hydrogen-bond donors (Lipinski definition) is 1. The zero-order valence-corrected chi connectivity index (χ0v) is 17.7. The van der Waals surface area contributed by atoms with Gasteiger partial charge >= 0.3 is 0 Å². The molecule has 0 atom stereocenters. The predicted octanol–water partition coefficient (Wildman–Crippen LogP) is 5.15. The van der Waals surface area contributed by atoms with Gasteiger partial charge in [-0.05, 0) is 35.7 Å². The van der Waals surface area contributed by atoms with E-state index in [1.807, 2.05) is 24.3 Å². The van der Waals surface area contributed by atoms with Gasteiger partial charge in [0.15, 0.2) is 16.6 Å². The van der Waals surface area contributed by atoms with Gasteiger partial charge in [-0.2, -0.15) is 0 Å². The van der Waals surface area contributed by atoms with Crippen molar-refractivity contribution in [2.24, 2.45) is 0 Å². The van der Waals surface area contributed by atoms with Crippen molar-refractivity contribution < 1.29 is 4.74 Å². The van der Waals surface area contributed by atoms with Gasteiger partial charge < -0.3 is 10.1 Å². The van der Waals surface area contributed by atoms with Crippen LogP contribution in [-0.4, -0.2) is 32.0 Å². The maximum atomic E-state index is 6.19. The average molecular weight is 421 g/mol. The standard InChI is InChI=1S/C22H21ClN6O/c1-13(2)14-4-6-15(7-5-14)26-21-16-8-9-17(19-20(23)25-11-10-24-19)27-22(16)29-18(28-21)12-30-3/h4-11,13H,12H2,1-3H3,(H,26,27,28,29). The van der Waals surface area contributed by atoms with Crippen molar-refractivity contribution in [3.63, 3.8) is 0 Å². The van der Waals surface area contributed by atoms with Crippen LogP contribution in [0.4, 0.5) is 11.5 Å². The van der Waals surface area contributed by atoms with Crippen LogP contribution in [-0.2, 0) is 11.3 Å². The molecule has 0 fully saturated rings. The molecule has 4 aromatic rings. The smallest absolute Gasteiger partial charge is 0.165 e. The second kappa shape index (κ2) is 8.69. The molecule has 152 valence electrons. The monoisotopic (exact) mass is 420 g/mol. The summed E-state index contributed by atoms with van der Waals surface area (Å²) in [5.41, 5.74) is 3.84. The molecule has 0 saturated heterocycles. The molecule has 7 nitrogen and oxygen atoms in total. The van der Waals surface area contributed by atoms with Crippen molar-refractivity contribution >= 4 is 34.1 Å². The first-order chi connectivity index (χ1) is 14.5. The largest absolute Gasteiger partial charge is 0.377 e. The predicted molar refractivity (Wildman–Crippen MR) is 118 cm³/mol. The summed E-state index contributed by atoms with van der Waals surface area (Å²) in [5.74, 6) is 1.66. The molecular formula is C22H21ClN6O. The summed E-state index contributed by atoms with van der Waals surface area (Å²) in [6.07, 6.45) is 3.12. The van der Waals surface area contributed by atoms with Crippen LogP contribution in [0.3, 0.4) is 0 Å². The fraction of sp³-hybridized carbons (Fsp3) is 0.227. The molecule has 8 heteroatoms. The number of nitrogens with one attached hydrogen (secondary N) is 1. The van der Waals surface area contributed by atoms with Crippen LogP contribution in [0.1, 0.15) is 31.2 Å². The molecule has 0 saturated carbocycles. The Kier molecular flexibility index (Phi) is 5.83. The minimum absolute atomic E-state index is 0.273. The highest BCUT2D eigenvalue weighted by Crippen LogP contribution is 2.28. The Morgan fingerprint density at radius 3 is 2.43 bits per heavy atom. The van der Waals surface area contributed by atoms with E-state index < -0.39 is 0 Å². The van der Waals surface area contributed by atoms with Gasteiger partial charge in [0.25, 0.3) is 0 Å². The number of hydrogen-bond acceptors (Lipinski definition) is 7. The van der Waals surface area contributed by atoms with Crippen LogP contribution in [0.2, 0.25) is 5.15 Å². The van der Waals surface area contributed by atoms with E-state index in [4.69, 9.17) is 16.3 Å². The Hall–Kier alpha value is -3.16. The Bertz CT molecular complexity index is 1180. The molecule has 0 radical (unpaired) electrons. The highest BCUT2D eigenvalue weighted by atomic mass is 35.5. The Morgan fingerprint density at radius 1 is 0.967 bits per heavy atom. The second-order valence-electron chi connectivity index (χ2n) is 7.09. The van der Waals surface area contributed by atoms with E-state index in [1.54, 1.807) is 19.5 Å². The third kappa shape index (κ3) is 4.22. The molecule has 0 aliphatic heterocycles. The van der Waals surface area contributed by atoms with Gasteiger partial charge in [0.1, 0.15) is 18.1 Å². The van der Waals surface area contributed by atoms with Gasteiger partial charge in [-0.15, -0.1) is 0 Å². The van der Waals surface area contributed by atoms with Gasteiger partial charge in [-0.25, -0.2) is 24.9 Å². The zero-order chi connectivity index (χ0) is 21.1. The maximum Gasteiger partial charge on any atom is 0.165 e. The average Bonchev–Trinajstić information content (AvgIpc) is 2.74. The third-order valence-corrected chi connectivity index (χ3v) is 4.89. The number of pyridine rings is 1. The molecule has 1 N–H and O–H groups in total. The summed E-state index contributed by atoms with van der Waals surface area (Å²) in [7, 11) is 1.61. The van der Waals surface area contributed by atoms with Gasteiger partial charge in [0, 0.05) is 25.2 Å². The molecule has 0 aliphatic carbocycles. The van der Waals surface area contributed by atoms with E-state index in [0.717, 1.165) is 11.1 Å². The lowest BCUT2D eigenvalue weighted by molar-refractivity contribution is 0.178. The lowest BCUT2D eigenvalue weighted by atomic mass is 10.0. The molecule has 0 aliphatic rings. The minimum atomic E-state index is 0.273. The number of benzene rings is 1. The number of fused-ring (bicyclic) bond motifs is 1. The fourth-order valence-electron chi connectivity index (χ4n) is 3.06. The normalized spacial score (nSPS) is 11.2. The van der Waals surface area contributed by atoms with Crippen molar-refractivity contribution in [1.29, 1.82) is 0 Å². The number of methoxy groups -OCH3 is 1. The van der Waals surface area contributed by atoms with E-state index in [1.165, 1.54) is 5.56 Å². The molecule has 1 aromatic carbocycles. The lowest BCUT2D eigenvalue weighted by Gasteiger charge is -2.12. The zero-order valence-electron chi connectivity index (χ0n) is 16.9. The molecule has 0 unspecified atom stereocenters. The highest BCUT2D eigenvalue weighted by molar-refractivity contribution is 6.31. The highest BCUT2D eigenvalue weighted by Gasteiger charge is 2.13.